The summed E-state index contributed by atoms with van der Waals surface area (Å²) in [5.74, 6) is 0.210. The van der Waals surface area contributed by atoms with Crippen molar-refractivity contribution >= 4 is 11.5 Å². The van der Waals surface area contributed by atoms with E-state index in [1.165, 1.54) is 34.0 Å². The number of piperidine rings is 1. The number of pyridine rings is 1. The Balaban J connectivity index is 0.000000604. The van der Waals surface area contributed by atoms with Gasteiger partial charge in [-0.05, 0) is 99.2 Å². The highest BCUT2D eigenvalue weighted by Crippen LogP contribution is 2.30. The van der Waals surface area contributed by atoms with Crippen LogP contribution in [0, 0.1) is 6.92 Å². The number of hydrogen-bond donors (Lipinski definition) is 3. The van der Waals surface area contributed by atoms with E-state index in [0.717, 1.165) is 56.5 Å². The van der Waals surface area contributed by atoms with Crippen LogP contribution in [0.15, 0.2) is 60.1 Å². The number of amides is 1. The van der Waals surface area contributed by atoms with Crippen LogP contribution in [0.3, 0.4) is 0 Å². The Labute approximate surface area is 204 Å². The molecule has 6 N–H and O–H groups in total. The summed E-state index contributed by atoms with van der Waals surface area (Å²) in [6, 6.07) is 10.6. The molecule has 6 heteroatoms. The molecule has 0 unspecified atom stereocenters. The van der Waals surface area contributed by atoms with Gasteiger partial charge in [0.05, 0.1) is 6.42 Å². The lowest BCUT2D eigenvalue weighted by Gasteiger charge is -2.30. The molecule has 2 aromatic rings. The number of benzene rings is 1. The number of allylic oxidation sites excluding steroid dienone is 1. The standard InChI is InChI=1S/C24H31N3O.C4H10N2/c1-18-5-6-23(22(16-18)4-3-11-25)19(2)21-9-14-27(15-10-21)24(28)17-20-7-12-26-13-8-20;1-4(2-5)3-6/h5-8,12-13,16H,3-4,9-11,14-15,17,25H2,1-2H3;2H,3,5-6H2,1H3/b;4-2+. The first kappa shape index (κ1) is 27.3. The van der Waals surface area contributed by atoms with Gasteiger partial charge < -0.3 is 22.1 Å². The van der Waals surface area contributed by atoms with Crippen molar-refractivity contribution in [3.63, 3.8) is 0 Å². The van der Waals surface area contributed by atoms with Crippen molar-refractivity contribution in [2.45, 2.75) is 52.9 Å². The van der Waals surface area contributed by atoms with Crippen LogP contribution in [0.5, 0.6) is 0 Å². The molecule has 1 amide bonds. The van der Waals surface area contributed by atoms with Gasteiger partial charge >= 0.3 is 0 Å². The van der Waals surface area contributed by atoms with Crippen molar-refractivity contribution in [3.05, 3.63) is 82.3 Å². The first-order chi connectivity index (χ1) is 16.4. The van der Waals surface area contributed by atoms with E-state index >= 15 is 0 Å². The Bertz CT molecular complexity index is 972. The van der Waals surface area contributed by atoms with E-state index in [4.69, 9.17) is 17.2 Å². The van der Waals surface area contributed by atoms with Gasteiger partial charge in [0.2, 0.25) is 5.91 Å². The molecule has 1 aliphatic rings. The molecule has 34 heavy (non-hydrogen) atoms. The Kier molecular flexibility index (Phi) is 11.5. The number of nitrogens with two attached hydrogens (primary N) is 3. The minimum absolute atomic E-state index is 0.210. The first-order valence-corrected chi connectivity index (χ1v) is 12.1. The predicted molar refractivity (Wildman–Crippen MR) is 142 cm³/mol. The molecular weight excluding hydrogens is 422 g/mol. The highest BCUT2D eigenvalue weighted by molar-refractivity contribution is 5.79. The predicted octanol–water partition coefficient (Wildman–Crippen LogP) is 3.73. The van der Waals surface area contributed by atoms with Crippen LogP contribution in [0.25, 0.3) is 5.57 Å². The van der Waals surface area contributed by atoms with Gasteiger partial charge in [-0.2, -0.15) is 0 Å². The number of likely N-dealkylation sites (tertiary alicyclic amines) is 1. The summed E-state index contributed by atoms with van der Waals surface area (Å²) in [6.45, 7) is 9.17. The van der Waals surface area contributed by atoms with Crippen LogP contribution >= 0.6 is 0 Å². The normalized spacial score (nSPS) is 13.9. The molecule has 1 aliphatic heterocycles. The molecule has 1 aromatic carbocycles. The number of nitrogens with zero attached hydrogens (tertiary/aromatic N) is 2. The van der Waals surface area contributed by atoms with Gasteiger partial charge in [0.1, 0.15) is 0 Å². The van der Waals surface area contributed by atoms with Crippen LogP contribution in [-0.2, 0) is 17.6 Å². The van der Waals surface area contributed by atoms with E-state index in [-0.39, 0.29) is 5.91 Å². The summed E-state index contributed by atoms with van der Waals surface area (Å²) in [7, 11) is 0. The molecule has 3 rings (SSSR count). The third-order valence-corrected chi connectivity index (χ3v) is 6.28. The number of aryl methyl sites for hydroxylation is 2. The van der Waals surface area contributed by atoms with Gasteiger partial charge in [0.25, 0.3) is 0 Å². The van der Waals surface area contributed by atoms with Crippen molar-refractivity contribution in [1.82, 2.24) is 9.88 Å². The Morgan fingerprint density at radius 1 is 1.09 bits per heavy atom. The maximum atomic E-state index is 12.6. The molecule has 6 nitrogen and oxygen atoms in total. The minimum atomic E-state index is 0.210. The molecule has 0 aliphatic carbocycles. The van der Waals surface area contributed by atoms with Crippen molar-refractivity contribution in [1.29, 1.82) is 0 Å². The lowest BCUT2D eigenvalue weighted by atomic mass is 9.89. The van der Waals surface area contributed by atoms with Crippen molar-refractivity contribution in [3.8, 4) is 0 Å². The lowest BCUT2D eigenvalue weighted by molar-refractivity contribution is -0.130. The molecule has 2 heterocycles. The summed E-state index contributed by atoms with van der Waals surface area (Å²) >= 11 is 0. The van der Waals surface area contributed by atoms with Crippen LogP contribution in [0.2, 0.25) is 0 Å². The lowest BCUT2D eigenvalue weighted by Crippen LogP contribution is -2.37. The zero-order chi connectivity index (χ0) is 24.9. The molecule has 1 aromatic heterocycles. The average Bonchev–Trinajstić information content (AvgIpc) is 2.87. The third-order valence-electron chi connectivity index (χ3n) is 6.28. The van der Waals surface area contributed by atoms with Crippen LogP contribution in [-0.4, -0.2) is 42.0 Å². The number of rotatable bonds is 7. The van der Waals surface area contributed by atoms with Crippen molar-refractivity contribution in [2.75, 3.05) is 26.2 Å². The first-order valence-electron chi connectivity index (χ1n) is 12.1. The maximum Gasteiger partial charge on any atom is 0.227 e. The van der Waals surface area contributed by atoms with E-state index < -0.39 is 0 Å². The number of hydrogen-bond acceptors (Lipinski definition) is 5. The largest absolute Gasteiger partial charge is 0.405 e. The molecule has 1 saturated heterocycles. The van der Waals surface area contributed by atoms with Gasteiger partial charge in [-0.3, -0.25) is 9.78 Å². The van der Waals surface area contributed by atoms with E-state index in [1.807, 2.05) is 24.0 Å². The number of carbonyl (C=O) groups excluding carboxylic acids is 1. The Morgan fingerprint density at radius 3 is 2.32 bits per heavy atom. The van der Waals surface area contributed by atoms with Gasteiger partial charge in [0, 0.05) is 32.0 Å². The SMILES string of the molecule is C/C(=C\N)CN.CC(=C1CCN(C(=O)Cc2ccncc2)CC1)c1ccc(C)cc1CCCN. The average molecular weight is 464 g/mol. The zero-order valence-corrected chi connectivity index (χ0v) is 21.0. The highest BCUT2D eigenvalue weighted by atomic mass is 16.2. The summed E-state index contributed by atoms with van der Waals surface area (Å²) in [5.41, 5.74) is 24.9. The Morgan fingerprint density at radius 2 is 1.76 bits per heavy atom. The topological polar surface area (TPSA) is 111 Å². The molecule has 0 spiro atoms. The van der Waals surface area contributed by atoms with Crippen LogP contribution < -0.4 is 17.2 Å². The van der Waals surface area contributed by atoms with E-state index in [9.17, 15) is 4.79 Å². The van der Waals surface area contributed by atoms with Crippen LogP contribution in [0.1, 0.15) is 55.4 Å². The zero-order valence-electron chi connectivity index (χ0n) is 21.0. The van der Waals surface area contributed by atoms with Gasteiger partial charge in [-0.1, -0.05) is 29.3 Å². The molecule has 0 saturated carbocycles. The number of aromatic nitrogens is 1. The summed E-state index contributed by atoms with van der Waals surface area (Å²) in [4.78, 5) is 18.6. The smallest absolute Gasteiger partial charge is 0.227 e. The second kappa shape index (κ2) is 14.3. The Hall–Kier alpha value is -2.96. The van der Waals surface area contributed by atoms with Crippen molar-refractivity contribution in [2.24, 2.45) is 17.2 Å². The third kappa shape index (κ3) is 8.43. The van der Waals surface area contributed by atoms with E-state index in [0.29, 0.717) is 13.0 Å². The summed E-state index contributed by atoms with van der Waals surface area (Å²) < 4.78 is 0. The molecule has 184 valence electrons. The summed E-state index contributed by atoms with van der Waals surface area (Å²) in [5, 5.41) is 0. The van der Waals surface area contributed by atoms with Gasteiger partial charge in [-0.25, -0.2) is 0 Å². The van der Waals surface area contributed by atoms with Gasteiger partial charge in [-0.15, -0.1) is 0 Å². The second-order valence-electron chi connectivity index (χ2n) is 8.91. The van der Waals surface area contributed by atoms with Crippen molar-refractivity contribution < 1.29 is 4.79 Å². The quantitative estimate of drug-likeness (QED) is 0.579. The fraction of sp³-hybridized carbons (Fsp3) is 0.429. The molecular formula is C28H41N5O. The molecule has 0 radical (unpaired) electrons. The van der Waals surface area contributed by atoms with Gasteiger partial charge in [0.15, 0.2) is 0 Å². The minimum Gasteiger partial charge on any atom is -0.405 e. The molecule has 1 fully saturated rings. The summed E-state index contributed by atoms with van der Waals surface area (Å²) in [6.07, 6.45) is 9.41. The number of carbonyl (C=O) groups is 1. The highest BCUT2D eigenvalue weighted by Gasteiger charge is 2.21. The van der Waals surface area contributed by atoms with E-state index in [1.54, 1.807) is 12.4 Å². The molecule has 0 bridgehead atoms. The fourth-order valence-electron chi connectivity index (χ4n) is 4.03. The van der Waals surface area contributed by atoms with E-state index in [2.05, 4.69) is 37.0 Å². The second-order valence-corrected chi connectivity index (χ2v) is 8.91. The molecule has 0 atom stereocenters. The van der Waals surface area contributed by atoms with Crippen LogP contribution in [0.4, 0.5) is 0 Å². The monoisotopic (exact) mass is 463 g/mol. The fourth-order valence-corrected chi connectivity index (χ4v) is 4.03. The maximum absolute atomic E-state index is 12.6.